The van der Waals surface area contributed by atoms with E-state index in [9.17, 15) is 32.5 Å². The molecule has 0 aliphatic carbocycles. The summed E-state index contributed by atoms with van der Waals surface area (Å²) in [7, 11) is 0. The lowest BCUT2D eigenvalue weighted by Crippen LogP contribution is -2.10. The average Bonchev–Trinajstić information content (AvgIpc) is 2.53. The fourth-order valence-electron chi connectivity index (χ4n) is 2.12. The second kappa shape index (κ2) is 7.25. The molecule has 0 aromatic heterocycles. The van der Waals surface area contributed by atoms with Crippen LogP contribution in [-0.2, 0) is 12.7 Å². The Morgan fingerprint density at radius 3 is 2.46 bits per heavy atom. The van der Waals surface area contributed by atoms with Gasteiger partial charge in [-0.3, -0.25) is 15.4 Å². The van der Waals surface area contributed by atoms with E-state index >= 15 is 0 Å². The molecule has 2 rings (SSSR count). The third-order valence-electron chi connectivity index (χ3n) is 3.27. The van der Waals surface area contributed by atoms with Gasteiger partial charge in [0, 0.05) is 18.3 Å². The van der Waals surface area contributed by atoms with Crippen molar-refractivity contribution in [2.45, 2.75) is 12.7 Å². The summed E-state index contributed by atoms with van der Waals surface area (Å²) in [4.78, 5) is 20.8. The number of nitrogens with one attached hydrogen (secondary N) is 2. The summed E-state index contributed by atoms with van der Waals surface area (Å²) in [5.74, 6) is -1.41. The Morgan fingerprint density at radius 2 is 1.88 bits per heavy atom. The minimum absolute atomic E-state index is 0.0332. The highest BCUT2D eigenvalue weighted by atomic mass is 19.4. The summed E-state index contributed by atoms with van der Waals surface area (Å²) in [5.41, 5.74) is -1.91. The number of alkyl halides is 3. The molecule has 11 heteroatoms. The Kier molecular flexibility index (Phi) is 5.29. The predicted molar refractivity (Wildman–Crippen MR) is 83.5 cm³/mol. The SMILES string of the molecule is O=C(O)Nc1ccc(CNc2ccc(F)c(C(F)(F)F)c2)cc1[N+](=O)[O-]. The van der Waals surface area contributed by atoms with Crippen molar-refractivity contribution in [1.29, 1.82) is 0 Å². The van der Waals surface area contributed by atoms with Crippen molar-refractivity contribution in [3.8, 4) is 0 Å². The van der Waals surface area contributed by atoms with Crippen LogP contribution in [0.25, 0.3) is 0 Å². The molecular formula is C15H11F4N3O4. The van der Waals surface area contributed by atoms with Crippen molar-refractivity contribution in [3.63, 3.8) is 0 Å². The van der Waals surface area contributed by atoms with Gasteiger partial charge in [-0.2, -0.15) is 13.2 Å². The van der Waals surface area contributed by atoms with Gasteiger partial charge in [0.05, 0.1) is 10.5 Å². The largest absolute Gasteiger partial charge is 0.465 e. The number of benzene rings is 2. The number of hydrogen-bond acceptors (Lipinski definition) is 4. The van der Waals surface area contributed by atoms with Crippen molar-refractivity contribution in [3.05, 3.63) is 63.5 Å². The number of rotatable bonds is 5. The summed E-state index contributed by atoms with van der Waals surface area (Å²) in [5, 5.41) is 24.1. The lowest BCUT2D eigenvalue weighted by Gasteiger charge is -2.12. The van der Waals surface area contributed by atoms with Crippen LogP contribution < -0.4 is 10.6 Å². The highest BCUT2D eigenvalue weighted by molar-refractivity contribution is 5.86. The molecule has 0 unspecified atom stereocenters. The Bertz CT molecular complexity index is 855. The van der Waals surface area contributed by atoms with Crippen LogP contribution in [0.4, 0.5) is 39.4 Å². The molecule has 2 aromatic carbocycles. The summed E-state index contributed by atoms with van der Waals surface area (Å²) in [6.45, 7) is -0.100. The van der Waals surface area contributed by atoms with Crippen LogP contribution in [0.1, 0.15) is 11.1 Å². The van der Waals surface area contributed by atoms with Crippen molar-refractivity contribution in [1.82, 2.24) is 0 Å². The molecule has 3 N–H and O–H groups in total. The Labute approximate surface area is 143 Å². The first kappa shape index (κ1) is 19.0. The lowest BCUT2D eigenvalue weighted by molar-refractivity contribution is -0.384. The van der Waals surface area contributed by atoms with Crippen LogP contribution >= 0.6 is 0 Å². The lowest BCUT2D eigenvalue weighted by atomic mass is 10.1. The van der Waals surface area contributed by atoms with Crippen molar-refractivity contribution >= 4 is 23.2 Å². The molecule has 0 bridgehead atoms. The van der Waals surface area contributed by atoms with Crippen molar-refractivity contribution in [2.75, 3.05) is 10.6 Å². The predicted octanol–water partition coefficient (Wildman–Crippen LogP) is 4.45. The zero-order chi connectivity index (χ0) is 19.5. The summed E-state index contributed by atoms with van der Waals surface area (Å²) in [6, 6.07) is 5.94. The van der Waals surface area contributed by atoms with Gasteiger partial charge >= 0.3 is 12.3 Å². The smallest absolute Gasteiger partial charge is 0.419 e. The molecule has 0 aliphatic rings. The Balaban J connectivity index is 2.21. The number of halogens is 4. The fourth-order valence-corrected chi connectivity index (χ4v) is 2.12. The highest BCUT2D eigenvalue weighted by Crippen LogP contribution is 2.33. The molecule has 7 nitrogen and oxygen atoms in total. The molecule has 0 atom stereocenters. The highest BCUT2D eigenvalue weighted by Gasteiger charge is 2.34. The average molecular weight is 373 g/mol. The molecule has 0 aliphatic heterocycles. The molecule has 0 heterocycles. The Hall–Kier alpha value is -3.37. The van der Waals surface area contributed by atoms with Crippen molar-refractivity contribution in [2.24, 2.45) is 0 Å². The monoisotopic (exact) mass is 373 g/mol. The molecule has 0 saturated carbocycles. The number of anilines is 2. The molecule has 138 valence electrons. The van der Waals surface area contributed by atoms with Crippen LogP contribution in [0.5, 0.6) is 0 Å². The first-order valence-corrected chi connectivity index (χ1v) is 6.96. The van der Waals surface area contributed by atoms with Crippen LogP contribution in [0, 0.1) is 15.9 Å². The maximum Gasteiger partial charge on any atom is 0.419 e. The standard InChI is InChI=1S/C15H11F4N3O4/c16-11-3-2-9(6-10(11)15(17,18)19)20-7-8-1-4-12(21-14(23)24)13(5-8)22(25)26/h1-6,20-21H,7H2,(H,23,24). The first-order valence-electron chi connectivity index (χ1n) is 6.96. The zero-order valence-corrected chi connectivity index (χ0v) is 12.8. The minimum Gasteiger partial charge on any atom is -0.465 e. The van der Waals surface area contributed by atoms with Gasteiger partial charge in [0.2, 0.25) is 0 Å². The van der Waals surface area contributed by atoms with Gasteiger partial charge in [-0.25, -0.2) is 9.18 Å². The van der Waals surface area contributed by atoms with E-state index in [1.54, 1.807) is 0 Å². The molecule has 1 amide bonds. The maximum atomic E-state index is 13.2. The van der Waals surface area contributed by atoms with E-state index in [2.05, 4.69) is 5.32 Å². The second-order valence-corrected chi connectivity index (χ2v) is 5.08. The van der Waals surface area contributed by atoms with E-state index in [0.29, 0.717) is 17.7 Å². The molecule has 0 saturated heterocycles. The number of amides is 1. The maximum absolute atomic E-state index is 13.2. The Morgan fingerprint density at radius 1 is 1.19 bits per heavy atom. The summed E-state index contributed by atoms with van der Waals surface area (Å²) < 4.78 is 51.3. The van der Waals surface area contributed by atoms with E-state index in [-0.39, 0.29) is 17.9 Å². The first-order chi connectivity index (χ1) is 12.1. The van der Waals surface area contributed by atoms with Crippen LogP contribution in [0.2, 0.25) is 0 Å². The molecule has 2 aromatic rings. The van der Waals surface area contributed by atoms with Gasteiger partial charge in [0.25, 0.3) is 5.69 Å². The fraction of sp³-hybridized carbons (Fsp3) is 0.133. The van der Waals surface area contributed by atoms with Gasteiger partial charge in [-0.05, 0) is 29.8 Å². The quantitative estimate of drug-likeness (QED) is 0.408. The second-order valence-electron chi connectivity index (χ2n) is 5.08. The minimum atomic E-state index is -4.86. The van der Waals surface area contributed by atoms with Gasteiger partial charge in [0.1, 0.15) is 11.5 Å². The molecule has 0 radical (unpaired) electrons. The number of nitrogens with zero attached hydrogens (tertiary/aromatic N) is 1. The van der Waals surface area contributed by atoms with Crippen molar-refractivity contribution < 1.29 is 32.4 Å². The van der Waals surface area contributed by atoms with Gasteiger partial charge in [0.15, 0.2) is 0 Å². The third-order valence-corrected chi connectivity index (χ3v) is 3.27. The van der Waals surface area contributed by atoms with Crippen LogP contribution in [-0.4, -0.2) is 16.1 Å². The molecule has 0 spiro atoms. The van der Waals surface area contributed by atoms with Gasteiger partial charge in [-0.15, -0.1) is 0 Å². The number of carboxylic acid groups (broad SMARTS) is 1. The van der Waals surface area contributed by atoms with Crippen LogP contribution in [0.15, 0.2) is 36.4 Å². The third kappa shape index (κ3) is 4.59. The number of carbonyl (C=O) groups is 1. The van der Waals surface area contributed by atoms with Crippen LogP contribution in [0.3, 0.4) is 0 Å². The molecule has 26 heavy (non-hydrogen) atoms. The molecular weight excluding hydrogens is 362 g/mol. The van der Waals surface area contributed by atoms with E-state index in [0.717, 1.165) is 18.2 Å². The topological polar surface area (TPSA) is 104 Å². The van der Waals surface area contributed by atoms with Gasteiger partial charge < -0.3 is 10.4 Å². The number of nitro benzene ring substituents is 1. The van der Waals surface area contributed by atoms with E-state index in [1.165, 1.54) is 6.07 Å². The normalized spacial score (nSPS) is 11.1. The van der Waals surface area contributed by atoms with E-state index in [1.807, 2.05) is 5.32 Å². The number of nitro groups is 1. The van der Waals surface area contributed by atoms with Gasteiger partial charge in [-0.1, -0.05) is 6.07 Å². The van der Waals surface area contributed by atoms with E-state index < -0.39 is 34.3 Å². The number of hydrogen-bond donors (Lipinski definition) is 3. The summed E-state index contributed by atoms with van der Waals surface area (Å²) >= 11 is 0. The zero-order valence-electron chi connectivity index (χ0n) is 12.8. The van der Waals surface area contributed by atoms with E-state index in [4.69, 9.17) is 5.11 Å². The summed E-state index contributed by atoms with van der Waals surface area (Å²) in [6.07, 6.45) is -6.34. The molecule has 0 fully saturated rings.